The van der Waals surface area contributed by atoms with Gasteiger partial charge in [-0.2, -0.15) is 0 Å². The van der Waals surface area contributed by atoms with Gasteiger partial charge in [-0.05, 0) is 60.0 Å². The standard InChI is InChI=1S/C41H26N4/c1-3-13-28(14-4-1)43-26-42-40-36(43)20-11-21-37(40)45-35-19-10-9-18-31(35)33-24-38-34(25-39(33)45)32-23-22-27-12-7-8-17-30(27)41(32)44(38)29-15-5-2-6-16-29/h1-26H. The van der Waals surface area contributed by atoms with E-state index in [1.54, 1.807) is 0 Å². The van der Waals surface area contributed by atoms with Gasteiger partial charge in [-0.25, -0.2) is 4.98 Å². The second-order valence-corrected chi connectivity index (χ2v) is 11.7. The van der Waals surface area contributed by atoms with E-state index in [4.69, 9.17) is 4.98 Å². The zero-order chi connectivity index (χ0) is 29.5. The van der Waals surface area contributed by atoms with Crippen LogP contribution < -0.4 is 0 Å². The smallest absolute Gasteiger partial charge is 0.113 e. The molecule has 0 atom stereocenters. The molecule has 7 aromatic carbocycles. The maximum absolute atomic E-state index is 4.99. The summed E-state index contributed by atoms with van der Waals surface area (Å²) in [4.78, 5) is 4.99. The van der Waals surface area contributed by atoms with Gasteiger partial charge in [0.15, 0.2) is 0 Å². The molecule has 0 aliphatic carbocycles. The Hall–Kier alpha value is -6.13. The van der Waals surface area contributed by atoms with Crippen molar-refractivity contribution >= 4 is 65.4 Å². The highest BCUT2D eigenvalue weighted by molar-refractivity contribution is 6.23. The van der Waals surface area contributed by atoms with Crippen molar-refractivity contribution in [2.45, 2.75) is 0 Å². The maximum atomic E-state index is 4.99. The topological polar surface area (TPSA) is 27.7 Å². The van der Waals surface area contributed by atoms with Gasteiger partial charge in [-0.3, -0.25) is 4.57 Å². The van der Waals surface area contributed by atoms with Gasteiger partial charge in [0.1, 0.15) is 11.8 Å². The van der Waals surface area contributed by atoms with Crippen LogP contribution in [0.15, 0.2) is 158 Å². The van der Waals surface area contributed by atoms with Gasteiger partial charge in [0, 0.05) is 38.3 Å². The Bertz CT molecular complexity index is 2750. The van der Waals surface area contributed by atoms with Crippen molar-refractivity contribution in [1.82, 2.24) is 18.7 Å². The predicted octanol–water partition coefficient (Wildman–Crippen LogP) is 10.4. The molecule has 0 radical (unpaired) electrons. The molecule has 3 aromatic heterocycles. The van der Waals surface area contributed by atoms with E-state index < -0.39 is 0 Å². The molecule has 0 saturated carbocycles. The highest BCUT2D eigenvalue weighted by Crippen LogP contribution is 2.42. The molecule has 0 spiro atoms. The van der Waals surface area contributed by atoms with Crippen LogP contribution in [0.5, 0.6) is 0 Å². The normalized spacial score (nSPS) is 12.0. The summed E-state index contributed by atoms with van der Waals surface area (Å²) in [5, 5.41) is 7.43. The average molecular weight is 575 g/mol. The van der Waals surface area contributed by atoms with Crippen molar-refractivity contribution in [3.8, 4) is 17.1 Å². The Kier molecular flexibility index (Phi) is 4.96. The first-order chi connectivity index (χ1) is 22.3. The first-order valence-electron chi connectivity index (χ1n) is 15.3. The molecule has 0 unspecified atom stereocenters. The molecular weight excluding hydrogens is 548 g/mol. The van der Waals surface area contributed by atoms with Crippen molar-refractivity contribution in [3.63, 3.8) is 0 Å². The molecule has 0 N–H and O–H groups in total. The van der Waals surface area contributed by atoms with Crippen LogP contribution >= 0.6 is 0 Å². The third kappa shape index (κ3) is 3.39. The lowest BCUT2D eigenvalue weighted by Gasteiger charge is -2.11. The van der Waals surface area contributed by atoms with Crippen LogP contribution in [0.1, 0.15) is 0 Å². The highest BCUT2D eigenvalue weighted by Gasteiger charge is 2.21. The number of hydrogen-bond donors (Lipinski definition) is 0. The van der Waals surface area contributed by atoms with Crippen molar-refractivity contribution in [3.05, 3.63) is 158 Å². The number of benzene rings is 7. The van der Waals surface area contributed by atoms with Crippen molar-refractivity contribution < 1.29 is 0 Å². The minimum Gasteiger partial charge on any atom is -0.309 e. The summed E-state index contributed by atoms with van der Waals surface area (Å²) in [6.07, 6.45) is 1.94. The van der Waals surface area contributed by atoms with Gasteiger partial charge >= 0.3 is 0 Å². The molecular formula is C41H26N4. The third-order valence-electron chi connectivity index (χ3n) is 9.29. The number of para-hydroxylation sites is 4. The largest absolute Gasteiger partial charge is 0.309 e. The number of rotatable bonds is 3. The van der Waals surface area contributed by atoms with Crippen molar-refractivity contribution in [2.24, 2.45) is 0 Å². The van der Waals surface area contributed by atoms with Gasteiger partial charge in [-0.15, -0.1) is 0 Å². The monoisotopic (exact) mass is 574 g/mol. The van der Waals surface area contributed by atoms with Crippen LogP contribution in [0.2, 0.25) is 0 Å². The summed E-state index contributed by atoms with van der Waals surface area (Å²) in [5.74, 6) is 0. The molecule has 4 heteroatoms. The van der Waals surface area contributed by atoms with Crippen LogP contribution in [0, 0.1) is 0 Å². The van der Waals surface area contributed by atoms with E-state index in [1.165, 1.54) is 54.4 Å². The molecule has 210 valence electrons. The number of aromatic nitrogens is 4. The molecule has 0 aliphatic heterocycles. The van der Waals surface area contributed by atoms with E-state index in [2.05, 4.69) is 159 Å². The zero-order valence-corrected chi connectivity index (χ0v) is 24.3. The summed E-state index contributed by atoms with van der Waals surface area (Å²) in [7, 11) is 0. The van der Waals surface area contributed by atoms with Gasteiger partial charge in [-0.1, -0.05) is 97.1 Å². The average Bonchev–Trinajstić information content (AvgIpc) is 3.78. The first kappa shape index (κ1) is 24.3. The summed E-state index contributed by atoms with van der Waals surface area (Å²) in [6.45, 7) is 0. The van der Waals surface area contributed by atoms with Gasteiger partial charge < -0.3 is 9.13 Å². The van der Waals surface area contributed by atoms with Gasteiger partial charge in [0.25, 0.3) is 0 Å². The number of fused-ring (bicyclic) bond motifs is 9. The summed E-state index contributed by atoms with van der Waals surface area (Å²) in [5.41, 5.74) is 10.2. The third-order valence-corrected chi connectivity index (χ3v) is 9.29. The van der Waals surface area contributed by atoms with Crippen molar-refractivity contribution in [2.75, 3.05) is 0 Å². The van der Waals surface area contributed by atoms with Gasteiger partial charge in [0.2, 0.25) is 0 Å². The van der Waals surface area contributed by atoms with Gasteiger partial charge in [0.05, 0.1) is 33.3 Å². The van der Waals surface area contributed by atoms with Crippen LogP contribution in [0.3, 0.4) is 0 Å². The van der Waals surface area contributed by atoms with E-state index in [0.717, 1.165) is 28.1 Å². The van der Waals surface area contributed by atoms with Crippen LogP contribution in [-0.2, 0) is 0 Å². The minimum absolute atomic E-state index is 0.974. The lowest BCUT2D eigenvalue weighted by atomic mass is 10.0. The second kappa shape index (κ2) is 9.18. The fourth-order valence-electron chi connectivity index (χ4n) is 7.34. The van der Waals surface area contributed by atoms with Crippen LogP contribution in [0.4, 0.5) is 0 Å². The van der Waals surface area contributed by atoms with E-state index in [-0.39, 0.29) is 0 Å². The highest BCUT2D eigenvalue weighted by atomic mass is 15.1. The van der Waals surface area contributed by atoms with Crippen molar-refractivity contribution in [1.29, 1.82) is 0 Å². The SMILES string of the molecule is c1ccc(-n2cnc3c(-n4c5ccccc5c5cc6c(cc54)c4ccc5ccccc5c4n6-c4ccccc4)cccc32)cc1. The van der Waals surface area contributed by atoms with Crippen LogP contribution in [-0.4, -0.2) is 18.7 Å². The Morgan fingerprint density at radius 2 is 1.04 bits per heavy atom. The molecule has 0 bridgehead atoms. The molecule has 0 amide bonds. The van der Waals surface area contributed by atoms with E-state index in [9.17, 15) is 0 Å². The molecule has 10 aromatic rings. The molecule has 10 rings (SSSR count). The number of hydrogen-bond acceptors (Lipinski definition) is 1. The zero-order valence-electron chi connectivity index (χ0n) is 24.3. The first-order valence-corrected chi connectivity index (χ1v) is 15.3. The lowest BCUT2D eigenvalue weighted by Crippen LogP contribution is -1.96. The lowest BCUT2D eigenvalue weighted by molar-refractivity contribution is 1.09. The molecule has 0 fully saturated rings. The predicted molar refractivity (Wildman–Crippen MR) is 187 cm³/mol. The van der Waals surface area contributed by atoms with E-state index >= 15 is 0 Å². The van der Waals surface area contributed by atoms with E-state index in [1.807, 2.05) is 12.4 Å². The minimum atomic E-state index is 0.974. The number of nitrogens with zero attached hydrogens (tertiary/aromatic N) is 4. The molecule has 0 aliphatic rings. The Labute approximate surface area is 258 Å². The fraction of sp³-hybridized carbons (Fsp3) is 0. The van der Waals surface area contributed by atoms with Crippen LogP contribution in [0.25, 0.3) is 82.5 Å². The summed E-state index contributed by atoms with van der Waals surface area (Å²) in [6, 6.07) is 54.5. The maximum Gasteiger partial charge on any atom is 0.113 e. The fourth-order valence-corrected chi connectivity index (χ4v) is 7.34. The quantitative estimate of drug-likeness (QED) is 0.206. The summed E-state index contributed by atoms with van der Waals surface area (Å²) >= 11 is 0. The molecule has 0 saturated heterocycles. The molecule has 45 heavy (non-hydrogen) atoms. The molecule has 3 heterocycles. The Morgan fingerprint density at radius 1 is 0.400 bits per heavy atom. The Balaban J connectivity index is 1.35. The molecule has 4 nitrogen and oxygen atoms in total. The second-order valence-electron chi connectivity index (χ2n) is 11.7. The number of imidazole rings is 1. The Morgan fingerprint density at radius 3 is 1.87 bits per heavy atom. The summed E-state index contributed by atoms with van der Waals surface area (Å²) < 4.78 is 7.02. The van der Waals surface area contributed by atoms with E-state index in [0.29, 0.717) is 0 Å².